The van der Waals surface area contributed by atoms with E-state index in [9.17, 15) is 4.79 Å². The molecule has 0 fully saturated rings. The fourth-order valence-electron chi connectivity index (χ4n) is 1.23. The minimum atomic E-state index is -0.212. The highest BCUT2D eigenvalue weighted by atomic mass is 35.5. The first-order chi connectivity index (χ1) is 7.15. The number of nitrogens with one attached hydrogen (secondary N) is 1. The molecule has 2 rings (SSSR count). The molecule has 76 valence electrons. The standard InChI is InChI=1S/C10H6Cl2N2O/c11-7-1-6(2-8(12)3-7)9-4-10(15)14-5-13-9/h1-5H,(H,13,14,15). The summed E-state index contributed by atoms with van der Waals surface area (Å²) in [5.41, 5.74) is 1.05. The lowest BCUT2D eigenvalue weighted by Crippen LogP contribution is -2.04. The Morgan fingerprint density at radius 1 is 1.07 bits per heavy atom. The normalized spacial score (nSPS) is 10.3. The second-order valence-electron chi connectivity index (χ2n) is 2.95. The van der Waals surface area contributed by atoms with Gasteiger partial charge < -0.3 is 4.98 Å². The topological polar surface area (TPSA) is 45.8 Å². The summed E-state index contributed by atoms with van der Waals surface area (Å²) in [6.45, 7) is 0. The Morgan fingerprint density at radius 3 is 2.33 bits per heavy atom. The average Bonchev–Trinajstić information content (AvgIpc) is 2.16. The van der Waals surface area contributed by atoms with Crippen LogP contribution in [0.2, 0.25) is 10.0 Å². The van der Waals surface area contributed by atoms with Gasteiger partial charge in [0.05, 0.1) is 12.0 Å². The molecule has 1 aromatic heterocycles. The molecule has 0 aliphatic carbocycles. The number of hydrogen-bond donors (Lipinski definition) is 1. The van der Waals surface area contributed by atoms with Crippen molar-refractivity contribution in [1.29, 1.82) is 0 Å². The van der Waals surface area contributed by atoms with E-state index in [1.165, 1.54) is 12.4 Å². The van der Waals surface area contributed by atoms with Gasteiger partial charge >= 0.3 is 0 Å². The van der Waals surface area contributed by atoms with E-state index in [1.807, 2.05) is 0 Å². The molecule has 1 heterocycles. The van der Waals surface area contributed by atoms with Crippen LogP contribution in [0.1, 0.15) is 0 Å². The van der Waals surface area contributed by atoms with Crippen LogP contribution in [0.3, 0.4) is 0 Å². The quantitative estimate of drug-likeness (QED) is 0.834. The summed E-state index contributed by atoms with van der Waals surface area (Å²) in [6, 6.07) is 6.42. The van der Waals surface area contributed by atoms with Crippen molar-refractivity contribution in [3.63, 3.8) is 0 Å². The first-order valence-corrected chi connectivity index (χ1v) is 4.92. The molecule has 15 heavy (non-hydrogen) atoms. The van der Waals surface area contributed by atoms with E-state index in [-0.39, 0.29) is 5.56 Å². The van der Waals surface area contributed by atoms with Gasteiger partial charge in [0.2, 0.25) is 0 Å². The second kappa shape index (κ2) is 4.04. The Balaban J connectivity index is 2.58. The number of nitrogens with zero attached hydrogens (tertiary/aromatic N) is 1. The third kappa shape index (κ3) is 2.37. The summed E-state index contributed by atoms with van der Waals surface area (Å²) in [6.07, 6.45) is 1.34. The Labute approximate surface area is 95.7 Å². The molecule has 0 aliphatic rings. The van der Waals surface area contributed by atoms with E-state index in [0.29, 0.717) is 15.7 Å². The fourth-order valence-corrected chi connectivity index (χ4v) is 1.75. The molecule has 0 saturated heterocycles. The van der Waals surface area contributed by atoms with Gasteiger partial charge in [-0.3, -0.25) is 4.79 Å². The number of aromatic amines is 1. The summed E-state index contributed by atoms with van der Waals surface area (Å²) < 4.78 is 0. The molecular weight excluding hydrogens is 235 g/mol. The summed E-state index contributed by atoms with van der Waals surface area (Å²) in [7, 11) is 0. The van der Waals surface area contributed by atoms with Crippen LogP contribution in [0, 0.1) is 0 Å². The largest absolute Gasteiger partial charge is 0.313 e. The predicted molar refractivity (Wildman–Crippen MR) is 60.3 cm³/mol. The molecule has 2 aromatic rings. The zero-order valence-electron chi connectivity index (χ0n) is 7.50. The summed E-state index contributed by atoms with van der Waals surface area (Å²) >= 11 is 11.7. The van der Waals surface area contributed by atoms with Crippen molar-refractivity contribution in [2.45, 2.75) is 0 Å². The smallest absolute Gasteiger partial charge is 0.251 e. The first-order valence-electron chi connectivity index (χ1n) is 4.16. The van der Waals surface area contributed by atoms with Gasteiger partial charge in [0.1, 0.15) is 0 Å². The van der Waals surface area contributed by atoms with Crippen molar-refractivity contribution in [3.05, 3.63) is 51.0 Å². The Morgan fingerprint density at radius 2 is 1.73 bits per heavy atom. The molecule has 5 heteroatoms. The van der Waals surface area contributed by atoms with Crippen molar-refractivity contribution in [3.8, 4) is 11.3 Å². The molecule has 0 amide bonds. The molecule has 0 saturated carbocycles. The number of H-pyrrole nitrogens is 1. The van der Waals surface area contributed by atoms with Crippen molar-refractivity contribution in [1.82, 2.24) is 9.97 Å². The van der Waals surface area contributed by atoms with Crippen LogP contribution in [0.4, 0.5) is 0 Å². The van der Waals surface area contributed by atoms with Crippen molar-refractivity contribution in [2.75, 3.05) is 0 Å². The van der Waals surface area contributed by atoms with Gasteiger partial charge in [-0.2, -0.15) is 0 Å². The van der Waals surface area contributed by atoms with Crippen LogP contribution < -0.4 is 5.56 Å². The van der Waals surface area contributed by atoms with Gasteiger partial charge in [-0.1, -0.05) is 23.2 Å². The van der Waals surface area contributed by atoms with Crippen molar-refractivity contribution in [2.24, 2.45) is 0 Å². The van der Waals surface area contributed by atoms with Gasteiger partial charge in [-0.05, 0) is 18.2 Å². The first kappa shape index (κ1) is 10.2. The summed E-state index contributed by atoms with van der Waals surface area (Å²) in [4.78, 5) is 17.5. The lowest BCUT2D eigenvalue weighted by molar-refractivity contribution is 1.12. The molecule has 0 aliphatic heterocycles. The molecule has 1 aromatic carbocycles. The van der Waals surface area contributed by atoms with Crippen LogP contribution in [-0.4, -0.2) is 9.97 Å². The van der Waals surface area contributed by atoms with E-state index in [1.54, 1.807) is 18.2 Å². The van der Waals surface area contributed by atoms with E-state index in [4.69, 9.17) is 23.2 Å². The maximum Gasteiger partial charge on any atom is 0.251 e. The molecule has 1 N–H and O–H groups in total. The predicted octanol–water partition coefficient (Wildman–Crippen LogP) is 2.74. The maximum atomic E-state index is 11.1. The Kier molecular flexibility index (Phi) is 2.75. The number of benzene rings is 1. The van der Waals surface area contributed by atoms with Crippen molar-refractivity contribution < 1.29 is 0 Å². The molecule has 3 nitrogen and oxygen atoms in total. The molecule has 0 radical (unpaired) electrons. The Hall–Kier alpha value is -1.32. The summed E-state index contributed by atoms with van der Waals surface area (Å²) in [5.74, 6) is 0. The molecule has 0 atom stereocenters. The monoisotopic (exact) mass is 240 g/mol. The average molecular weight is 241 g/mol. The third-order valence-electron chi connectivity index (χ3n) is 1.84. The third-order valence-corrected chi connectivity index (χ3v) is 2.27. The van der Waals surface area contributed by atoms with E-state index in [0.717, 1.165) is 5.56 Å². The summed E-state index contributed by atoms with van der Waals surface area (Å²) in [5, 5.41) is 1.03. The highest BCUT2D eigenvalue weighted by Gasteiger charge is 2.02. The van der Waals surface area contributed by atoms with E-state index < -0.39 is 0 Å². The number of rotatable bonds is 1. The van der Waals surface area contributed by atoms with E-state index in [2.05, 4.69) is 9.97 Å². The van der Waals surface area contributed by atoms with Gasteiger partial charge in [-0.15, -0.1) is 0 Å². The molecule has 0 bridgehead atoms. The van der Waals surface area contributed by atoms with Crippen LogP contribution >= 0.6 is 23.2 Å². The van der Waals surface area contributed by atoms with Gasteiger partial charge in [0.15, 0.2) is 0 Å². The van der Waals surface area contributed by atoms with E-state index >= 15 is 0 Å². The lowest BCUT2D eigenvalue weighted by Gasteiger charge is -2.01. The van der Waals surface area contributed by atoms with Crippen LogP contribution in [-0.2, 0) is 0 Å². The minimum absolute atomic E-state index is 0.212. The second-order valence-corrected chi connectivity index (χ2v) is 3.83. The minimum Gasteiger partial charge on any atom is -0.313 e. The molecule has 0 spiro atoms. The maximum absolute atomic E-state index is 11.1. The highest BCUT2D eigenvalue weighted by Crippen LogP contribution is 2.24. The van der Waals surface area contributed by atoms with Crippen LogP contribution in [0.5, 0.6) is 0 Å². The van der Waals surface area contributed by atoms with Gasteiger partial charge in [-0.25, -0.2) is 4.98 Å². The van der Waals surface area contributed by atoms with Crippen LogP contribution in [0.25, 0.3) is 11.3 Å². The van der Waals surface area contributed by atoms with Crippen LogP contribution in [0.15, 0.2) is 35.4 Å². The zero-order valence-corrected chi connectivity index (χ0v) is 9.01. The van der Waals surface area contributed by atoms with Gasteiger partial charge in [0.25, 0.3) is 5.56 Å². The number of hydrogen-bond acceptors (Lipinski definition) is 2. The highest BCUT2D eigenvalue weighted by molar-refractivity contribution is 6.35. The fraction of sp³-hybridized carbons (Fsp3) is 0. The molecular formula is C10H6Cl2N2O. The molecule has 0 unspecified atom stereocenters. The zero-order chi connectivity index (χ0) is 10.8. The van der Waals surface area contributed by atoms with Crippen molar-refractivity contribution >= 4 is 23.2 Å². The SMILES string of the molecule is O=c1cc(-c2cc(Cl)cc(Cl)c2)nc[nH]1. The Bertz CT molecular complexity index is 531. The van der Waals surface area contributed by atoms with Gasteiger partial charge in [0, 0.05) is 21.7 Å². The number of halogens is 2. The number of aromatic nitrogens is 2. The lowest BCUT2D eigenvalue weighted by atomic mass is 10.1.